The van der Waals surface area contributed by atoms with Crippen LogP contribution in [0.15, 0.2) is 17.5 Å². The molecule has 1 N–H and O–H groups in total. The van der Waals surface area contributed by atoms with Crippen LogP contribution in [0, 0.1) is 5.92 Å². The van der Waals surface area contributed by atoms with Gasteiger partial charge in [0.15, 0.2) is 5.78 Å². The lowest BCUT2D eigenvalue weighted by atomic mass is 10.0. The van der Waals surface area contributed by atoms with Crippen LogP contribution in [0.3, 0.4) is 0 Å². The van der Waals surface area contributed by atoms with Gasteiger partial charge in [-0.2, -0.15) is 0 Å². The Balaban J connectivity index is 1.82. The molecule has 1 fully saturated rings. The number of Topliss-reactive ketones (excluding diaryl/α,β-unsaturated/α-hetero) is 1. The molecule has 0 spiro atoms. The molecule has 0 unspecified atom stereocenters. The summed E-state index contributed by atoms with van der Waals surface area (Å²) in [6.45, 7) is 2.66. The van der Waals surface area contributed by atoms with Gasteiger partial charge < -0.3 is 10.1 Å². The van der Waals surface area contributed by atoms with Gasteiger partial charge in [-0.05, 0) is 23.8 Å². The first kappa shape index (κ1) is 12.3. The highest BCUT2D eigenvalue weighted by Crippen LogP contribution is 2.19. The van der Waals surface area contributed by atoms with Gasteiger partial charge in [0, 0.05) is 6.61 Å². The summed E-state index contributed by atoms with van der Waals surface area (Å²) >= 11 is 1.38. The lowest BCUT2D eigenvalue weighted by Crippen LogP contribution is -2.39. The van der Waals surface area contributed by atoms with Gasteiger partial charge in [-0.25, -0.2) is 0 Å². The average Bonchev–Trinajstić information content (AvgIpc) is 2.95. The Labute approximate surface area is 104 Å². The zero-order valence-electron chi connectivity index (χ0n) is 9.64. The van der Waals surface area contributed by atoms with Gasteiger partial charge in [-0.15, -0.1) is 11.3 Å². The standard InChI is InChI=1S/C12H15NO3S/c1-8-4-5-16-11(8)12(15)13-7-9(14)10-3-2-6-17-10/h2-3,6,8,11H,4-5,7H2,1H3,(H,13,15)/t8-,11+/m0/s1. The Morgan fingerprint density at radius 2 is 2.41 bits per heavy atom. The molecule has 1 aromatic rings. The van der Waals surface area contributed by atoms with E-state index in [1.165, 1.54) is 11.3 Å². The Hall–Kier alpha value is -1.20. The van der Waals surface area contributed by atoms with E-state index in [-0.39, 0.29) is 24.2 Å². The molecule has 0 radical (unpaired) electrons. The van der Waals surface area contributed by atoms with Crippen molar-refractivity contribution in [1.29, 1.82) is 0 Å². The molecule has 0 aromatic carbocycles. The summed E-state index contributed by atoms with van der Waals surface area (Å²) in [5.41, 5.74) is 0. The lowest BCUT2D eigenvalue weighted by Gasteiger charge is -2.13. The van der Waals surface area contributed by atoms with E-state index in [4.69, 9.17) is 4.74 Å². The largest absolute Gasteiger partial charge is 0.368 e. The van der Waals surface area contributed by atoms with Crippen molar-refractivity contribution in [3.63, 3.8) is 0 Å². The van der Waals surface area contributed by atoms with E-state index in [0.29, 0.717) is 11.5 Å². The van der Waals surface area contributed by atoms with E-state index >= 15 is 0 Å². The van der Waals surface area contributed by atoms with Crippen LogP contribution in [0.4, 0.5) is 0 Å². The number of hydrogen-bond donors (Lipinski definition) is 1. The fourth-order valence-corrected chi connectivity index (χ4v) is 2.49. The molecular formula is C12H15NO3S. The van der Waals surface area contributed by atoms with E-state index in [2.05, 4.69) is 5.32 Å². The molecule has 1 aliphatic heterocycles. The fourth-order valence-electron chi connectivity index (χ4n) is 1.82. The second-order valence-corrected chi connectivity index (χ2v) is 5.12. The number of amides is 1. The number of ketones is 1. The average molecular weight is 253 g/mol. The number of nitrogens with one attached hydrogen (secondary N) is 1. The zero-order valence-corrected chi connectivity index (χ0v) is 10.5. The van der Waals surface area contributed by atoms with E-state index in [0.717, 1.165) is 6.42 Å². The summed E-state index contributed by atoms with van der Waals surface area (Å²) in [7, 11) is 0. The summed E-state index contributed by atoms with van der Waals surface area (Å²) < 4.78 is 5.33. The second kappa shape index (κ2) is 5.42. The molecule has 1 aromatic heterocycles. The predicted octanol–water partition coefficient (Wildman–Crippen LogP) is 1.47. The van der Waals surface area contributed by atoms with Gasteiger partial charge in [-0.1, -0.05) is 13.0 Å². The fraction of sp³-hybridized carbons (Fsp3) is 0.500. The first-order chi connectivity index (χ1) is 8.18. The van der Waals surface area contributed by atoms with Crippen molar-refractivity contribution in [3.8, 4) is 0 Å². The highest BCUT2D eigenvalue weighted by molar-refractivity contribution is 7.12. The Bertz CT molecular complexity index is 402. The van der Waals surface area contributed by atoms with Crippen LogP contribution in [0.5, 0.6) is 0 Å². The first-order valence-corrected chi connectivity index (χ1v) is 6.52. The highest BCUT2D eigenvalue weighted by atomic mass is 32.1. The van der Waals surface area contributed by atoms with Crippen molar-refractivity contribution in [2.75, 3.05) is 13.2 Å². The van der Waals surface area contributed by atoms with Gasteiger partial charge in [0.25, 0.3) is 0 Å². The van der Waals surface area contributed by atoms with Crippen LogP contribution < -0.4 is 5.32 Å². The van der Waals surface area contributed by atoms with Crippen LogP contribution >= 0.6 is 11.3 Å². The SMILES string of the molecule is C[C@H]1CCO[C@H]1C(=O)NCC(=O)c1cccs1. The molecule has 2 rings (SSSR count). The quantitative estimate of drug-likeness (QED) is 0.827. The van der Waals surface area contributed by atoms with Crippen LogP contribution in [-0.4, -0.2) is 30.9 Å². The van der Waals surface area contributed by atoms with Crippen molar-refractivity contribution in [2.45, 2.75) is 19.4 Å². The molecule has 92 valence electrons. The number of hydrogen-bond acceptors (Lipinski definition) is 4. The van der Waals surface area contributed by atoms with E-state index in [1.807, 2.05) is 18.4 Å². The maximum absolute atomic E-state index is 11.7. The molecule has 4 nitrogen and oxygen atoms in total. The molecule has 1 aliphatic rings. The minimum Gasteiger partial charge on any atom is -0.368 e. The molecule has 17 heavy (non-hydrogen) atoms. The maximum atomic E-state index is 11.7. The van der Waals surface area contributed by atoms with E-state index < -0.39 is 6.10 Å². The molecular weight excluding hydrogens is 238 g/mol. The van der Waals surface area contributed by atoms with Gasteiger partial charge in [0.2, 0.25) is 5.91 Å². The minimum absolute atomic E-state index is 0.0475. The molecule has 0 saturated carbocycles. The summed E-state index contributed by atoms with van der Waals surface area (Å²) in [6, 6.07) is 3.58. The molecule has 1 amide bonds. The van der Waals surface area contributed by atoms with E-state index in [1.54, 1.807) is 6.07 Å². The van der Waals surface area contributed by atoms with Crippen LogP contribution in [-0.2, 0) is 9.53 Å². The lowest BCUT2D eigenvalue weighted by molar-refractivity contribution is -0.131. The third kappa shape index (κ3) is 2.92. The second-order valence-electron chi connectivity index (χ2n) is 4.18. The zero-order chi connectivity index (χ0) is 12.3. The van der Waals surface area contributed by atoms with Crippen LogP contribution in [0.2, 0.25) is 0 Å². The summed E-state index contributed by atoms with van der Waals surface area (Å²) in [5.74, 6) is -0.00857. The molecule has 5 heteroatoms. The van der Waals surface area contributed by atoms with Gasteiger partial charge >= 0.3 is 0 Å². The van der Waals surface area contributed by atoms with Gasteiger partial charge in [-0.3, -0.25) is 9.59 Å². The minimum atomic E-state index is -0.397. The van der Waals surface area contributed by atoms with E-state index in [9.17, 15) is 9.59 Å². The summed E-state index contributed by atoms with van der Waals surface area (Å²) in [6.07, 6.45) is 0.503. The molecule has 2 heterocycles. The van der Waals surface area contributed by atoms with Crippen molar-refractivity contribution >= 4 is 23.0 Å². The van der Waals surface area contributed by atoms with Crippen LogP contribution in [0.25, 0.3) is 0 Å². The third-order valence-electron chi connectivity index (χ3n) is 2.87. The van der Waals surface area contributed by atoms with Crippen molar-refractivity contribution < 1.29 is 14.3 Å². The predicted molar refractivity (Wildman–Crippen MR) is 65.2 cm³/mol. The molecule has 1 saturated heterocycles. The molecule has 0 aliphatic carbocycles. The normalized spacial score (nSPS) is 23.6. The van der Waals surface area contributed by atoms with Crippen molar-refractivity contribution in [1.82, 2.24) is 5.32 Å². The number of carbonyl (C=O) groups is 2. The number of ether oxygens (including phenoxy) is 1. The number of thiophene rings is 1. The first-order valence-electron chi connectivity index (χ1n) is 5.64. The maximum Gasteiger partial charge on any atom is 0.249 e. The monoisotopic (exact) mass is 253 g/mol. The molecule has 0 bridgehead atoms. The number of rotatable bonds is 4. The Morgan fingerprint density at radius 3 is 3.00 bits per heavy atom. The molecule has 2 atom stereocenters. The Morgan fingerprint density at radius 1 is 1.59 bits per heavy atom. The van der Waals surface area contributed by atoms with Crippen LogP contribution in [0.1, 0.15) is 23.0 Å². The van der Waals surface area contributed by atoms with Gasteiger partial charge in [0.05, 0.1) is 11.4 Å². The topological polar surface area (TPSA) is 55.4 Å². The highest BCUT2D eigenvalue weighted by Gasteiger charge is 2.30. The summed E-state index contributed by atoms with van der Waals surface area (Å²) in [4.78, 5) is 24.1. The smallest absolute Gasteiger partial charge is 0.249 e. The van der Waals surface area contributed by atoms with Gasteiger partial charge in [0.1, 0.15) is 6.10 Å². The Kier molecular flexibility index (Phi) is 3.91. The van der Waals surface area contributed by atoms with Crippen molar-refractivity contribution in [3.05, 3.63) is 22.4 Å². The summed E-state index contributed by atoms with van der Waals surface area (Å²) in [5, 5.41) is 4.48. The van der Waals surface area contributed by atoms with Crippen molar-refractivity contribution in [2.24, 2.45) is 5.92 Å². The third-order valence-corrected chi connectivity index (χ3v) is 3.78. The number of carbonyl (C=O) groups excluding carboxylic acids is 2.